The highest BCUT2D eigenvalue weighted by Gasteiger charge is 2.22. The van der Waals surface area contributed by atoms with Crippen molar-refractivity contribution in [2.24, 2.45) is 5.92 Å². The first-order valence-corrected chi connectivity index (χ1v) is 9.60. The third kappa shape index (κ3) is 4.77. The maximum atomic E-state index is 10.6. The van der Waals surface area contributed by atoms with E-state index in [0.717, 1.165) is 23.4 Å². The predicted octanol–water partition coefficient (Wildman–Crippen LogP) is 4.02. The van der Waals surface area contributed by atoms with E-state index >= 15 is 0 Å². The number of amides is 1. The largest absolute Gasteiger partial charge is 0.493 e. The molecule has 0 bridgehead atoms. The van der Waals surface area contributed by atoms with Gasteiger partial charge in [-0.25, -0.2) is 14.8 Å². The third-order valence-corrected chi connectivity index (χ3v) is 4.67. The Kier molecular flexibility index (Phi) is 5.24. The molecule has 2 heterocycles. The van der Waals surface area contributed by atoms with Crippen molar-refractivity contribution in [2.45, 2.75) is 32.7 Å². The lowest BCUT2D eigenvalue weighted by Gasteiger charge is -2.13. The zero-order valence-electron chi connectivity index (χ0n) is 16.3. The lowest BCUT2D eigenvalue weighted by molar-refractivity contribution is 0.183. The van der Waals surface area contributed by atoms with Gasteiger partial charge in [-0.05, 0) is 56.4 Å². The summed E-state index contributed by atoms with van der Waals surface area (Å²) in [6.45, 7) is 4.57. The summed E-state index contributed by atoms with van der Waals surface area (Å²) in [5.74, 6) is 2.46. The number of benzene rings is 1. The van der Waals surface area contributed by atoms with E-state index in [4.69, 9.17) is 19.0 Å². The van der Waals surface area contributed by atoms with Crippen LogP contribution in [-0.2, 0) is 0 Å². The summed E-state index contributed by atoms with van der Waals surface area (Å²) in [4.78, 5) is 19.6. The summed E-state index contributed by atoms with van der Waals surface area (Å²) >= 11 is 0. The van der Waals surface area contributed by atoms with Gasteiger partial charge in [-0.3, -0.25) is 0 Å². The Morgan fingerprint density at radius 2 is 2.14 bits per heavy atom. The van der Waals surface area contributed by atoms with Gasteiger partial charge in [-0.2, -0.15) is 0 Å². The standard InChI is InChI=1S/C21H23N3O5/c1-12-7-16(27-10-13(2)23-21(25)26)9-22-19(12)20-24-17-6-5-15(8-18(17)29-20)28-11-14-3-4-14/h5-9,13-14,23H,3-4,10-11H2,1-2H3,(H,25,26)/t13-/m0/s1. The molecule has 0 aliphatic heterocycles. The van der Waals surface area contributed by atoms with Crippen LogP contribution >= 0.6 is 0 Å². The maximum absolute atomic E-state index is 10.6. The number of oxazole rings is 1. The Morgan fingerprint density at radius 3 is 2.86 bits per heavy atom. The summed E-state index contributed by atoms with van der Waals surface area (Å²) in [6.07, 6.45) is 2.99. The van der Waals surface area contributed by atoms with E-state index in [0.29, 0.717) is 28.8 Å². The SMILES string of the molecule is Cc1cc(OC[C@H](C)NC(=O)O)cnc1-c1nc2ccc(OCC3CC3)cc2o1. The highest BCUT2D eigenvalue weighted by atomic mass is 16.5. The molecule has 1 aromatic carbocycles. The molecule has 29 heavy (non-hydrogen) atoms. The Labute approximate surface area is 167 Å². The van der Waals surface area contributed by atoms with Crippen molar-refractivity contribution in [1.29, 1.82) is 0 Å². The molecule has 0 saturated heterocycles. The number of hydrogen-bond donors (Lipinski definition) is 2. The molecule has 1 saturated carbocycles. The van der Waals surface area contributed by atoms with Crippen molar-refractivity contribution in [3.05, 3.63) is 36.0 Å². The smallest absolute Gasteiger partial charge is 0.404 e. The molecule has 1 aliphatic rings. The average Bonchev–Trinajstić information content (AvgIpc) is 3.41. The summed E-state index contributed by atoms with van der Waals surface area (Å²) in [7, 11) is 0. The van der Waals surface area contributed by atoms with Gasteiger partial charge in [-0.1, -0.05) is 0 Å². The van der Waals surface area contributed by atoms with E-state index in [1.807, 2.05) is 31.2 Å². The molecule has 1 aliphatic carbocycles. The fourth-order valence-corrected chi connectivity index (χ4v) is 2.92. The molecule has 4 rings (SSSR count). The van der Waals surface area contributed by atoms with Gasteiger partial charge in [0.15, 0.2) is 5.58 Å². The van der Waals surface area contributed by atoms with Crippen molar-refractivity contribution < 1.29 is 23.8 Å². The zero-order valence-corrected chi connectivity index (χ0v) is 16.3. The Balaban J connectivity index is 1.47. The van der Waals surface area contributed by atoms with E-state index in [1.54, 1.807) is 13.1 Å². The third-order valence-electron chi connectivity index (χ3n) is 4.67. The summed E-state index contributed by atoms with van der Waals surface area (Å²) in [6, 6.07) is 7.14. The molecule has 0 spiro atoms. The monoisotopic (exact) mass is 397 g/mol. The minimum Gasteiger partial charge on any atom is -0.493 e. The van der Waals surface area contributed by atoms with Crippen LogP contribution in [0.1, 0.15) is 25.3 Å². The number of carbonyl (C=O) groups is 1. The van der Waals surface area contributed by atoms with Crippen molar-refractivity contribution in [2.75, 3.05) is 13.2 Å². The summed E-state index contributed by atoms with van der Waals surface area (Å²) in [5.41, 5.74) is 2.88. The number of aromatic nitrogens is 2. The number of ether oxygens (including phenoxy) is 2. The van der Waals surface area contributed by atoms with Crippen molar-refractivity contribution in [3.8, 4) is 23.1 Å². The Hall–Kier alpha value is -3.29. The molecule has 8 nitrogen and oxygen atoms in total. The minimum absolute atomic E-state index is 0.208. The first kappa shape index (κ1) is 19.0. The number of hydrogen-bond acceptors (Lipinski definition) is 6. The average molecular weight is 397 g/mol. The predicted molar refractivity (Wildman–Crippen MR) is 106 cm³/mol. The molecular weight excluding hydrogens is 374 g/mol. The van der Waals surface area contributed by atoms with E-state index in [1.165, 1.54) is 12.8 Å². The zero-order chi connectivity index (χ0) is 20.4. The minimum atomic E-state index is -1.08. The first-order chi connectivity index (χ1) is 14.0. The second-order valence-corrected chi connectivity index (χ2v) is 7.40. The van der Waals surface area contributed by atoms with Crippen LogP contribution in [0.25, 0.3) is 22.7 Å². The van der Waals surface area contributed by atoms with Gasteiger partial charge in [-0.15, -0.1) is 0 Å². The van der Waals surface area contributed by atoms with Crippen LogP contribution in [0.4, 0.5) is 4.79 Å². The number of fused-ring (bicyclic) bond motifs is 1. The van der Waals surface area contributed by atoms with Crippen LogP contribution in [0.5, 0.6) is 11.5 Å². The topological polar surface area (TPSA) is 107 Å². The van der Waals surface area contributed by atoms with Crippen molar-refractivity contribution in [1.82, 2.24) is 15.3 Å². The molecule has 3 aromatic rings. The molecule has 1 atom stereocenters. The van der Waals surface area contributed by atoms with E-state index in [9.17, 15) is 4.79 Å². The highest BCUT2D eigenvalue weighted by molar-refractivity contribution is 5.77. The number of carboxylic acid groups (broad SMARTS) is 1. The molecule has 0 radical (unpaired) electrons. The number of nitrogens with one attached hydrogen (secondary N) is 1. The molecule has 1 fully saturated rings. The van der Waals surface area contributed by atoms with Crippen LogP contribution in [0.15, 0.2) is 34.9 Å². The molecule has 152 valence electrons. The first-order valence-electron chi connectivity index (χ1n) is 9.60. The van der Waals surface area contributed by atoms with Gasteiger partial charge in [0.25, 0.3) is 0 Å². The van der Waals surface area contributed by atoms with Crippen molar-refractivity contribution >= 4 is 17.2 Å². The fraction of sp³-hybridized carbons (Fsp3) is 0.381. The number of nitrogens with zero attached hydrogens (tertiary/aromatic N) is 2. The number of aryl methyl sites for hydroxylation is 1. The van der Waals surface area contributed by atoms with Gasteiger partial charge in [0.1, 0.15) is 29.3 Å². The maximum Gasteiger partial charge on any atom is 0.404 e. The van der Waals surface area contributed by atoms with Crippen LogP contribution in [0.2, 0.25) is 0 Å². The summed E-state index contributed by atoms with van der Waals surface area (Å²) < 4.78 is 17.3. The molecule has 0 unspecified atom stereocenters. The van der Waals surface area contributed by atoms with Gasteiger partial charge >= 0.3 is 6.09 Å². The van der Waals surface area contributed by atoms with Gasteiger partial charge in [0.2, 0.25) is 5.89 Å². The van der Waals surface area contributed by atoms with Crippen LogP contribution in [-0.4, -0.2) is 40.4 Å². The van der Waals surface area contributed by atoms with Crippen LogP contribution in [0.3, 0.4) is 0 Å². The second kappa shape index (κ2) is 7.98. The van der Waals surface area contributed by atoms with E-state index < -0.39 is 6.09 Å². The van der Waals surface area contributed by atoms with Crippen molar-refractivity contribution in [3.63, 3.8) is 0 Å². The molecule has 2 N–H and O–H groups in total. The van der Waals surface area contributed by atoms with Gasteiger partial charge < -0.3 is 24.3 Å². The van der Waals surface area contributed by atoms with E-state index in [-0.39, 0.29) is 12.6 Å². The summed E-state index contributed by atoms with van der Waals surface area (Å²) in [5, 5.41) is 11.1. The van der Waals surface area contributed by atoms with Crippen LogP contribution in [0, 0.1) is 12.8 Å². The fourth-order valence-electron chi connectivity index (χ4n) is 2.92. The van der Waals surface area contributed by atoms with Gasteiger partial charge in [0.05, 0.1) is 18.8 Å². The number of rotatable bonds is 8. The molecule has 1 amide bonds. The van der Waals surface area contributed by atoms with E-state index in [2.05, 4.69) is 15.3 Å². The second-order valence-electron chi connectivity index (χ2n) is 7.40. The number of pyridine rings is 1. The quantitative estimate of drug-likeness (QED) is 0.591. The molecule has 2 aromatic heterocycles. The lowest BCUT2D eigenvalue weighted by atomic mass is 10.2. The Morgan fingerprint density at radius 1 is 1.31 bits per heavy atom. The highest BCUT2D eigenvalue weighted by Crippen LogP contribution is 2.32. The molecular formula is C21H23N3O5. The normalized spacial score (nSPS) is 14.6. The lowest BCUT2D eigenvalue weighted by Crippen LogP contribution is -2.35. The van der Waals surface area contributed by atoms with Gasteiger partial charge in [0, 0.05) is 6.07 Å². The molecule has 8 heteroatoms. The Bertz CT molecular complexity index is 1030. The van der Waals surface area contributed by atoms with Crippen LogP contribution < -0.4 is 14.8 Å².